The monoisotopic (exact) mass is 390 g/mol. The Morgan fingerprint density at radius 3 is 2.86 bits per heavy atom. The average Bonchev–Trinajstić information content (AvgIpc) is 3.39. The fourth-order valence-corrected chi connectivity index (χ4v) is 4.06. The maximum atomic E-state index is 13.1. The lowest BCUT2D eigenvalue weighted by Gasteiger charge is -2.07. The van der Waals surface area contributed by atoms with Gasteiger partial charge in [0.05, 0.1) is 22.3 Å². The van der Waals surface area contributed by atoms with Crippen molar-refractivity contribution in [3.05, 3.63) is 52.8 Å². The summed E-state index contributed by atoms with van der Waals surface area (Å²) in [5.74, 6) is 0.258. The number of amides is 1. The van der Waals surface area contributed by atoms with Crippen LogP contribution in [0.15, 0.2) is 35.8 Å². The van der Waals surface area contributed by atoms with Gasteiger partial charge in [0.2, 0.25) is 0 Å². The molecule has 1 aliphatic rings. The Balaban J connectivity index is 1.50. The fourth-order valence-electron chi connectivity index (χ4n) is 3.36. The standard InChI is InChI=1S/C20H18N6OS/c1-11-17-13(9-15(12-6-7-12)22-18(17)26(2)25-11)19(27)24-20-23-16(10-28-20)14-5-3-4-8-21-14/h3-5,8-10,12H,6-7H2,1-2H3,(H,23,24,27). The normalized spacial score (nSPS) is 13.8. The van der Waals surface area contributed by atoms with Crippen LogP contribution in [0.25, 0.3) is 22.4 Å². The van der Waals surface area contributed by atoms with Gasteiger partial charge >= 0.3 is 0 Å². The molecule has 0 aromatic carbocycles. The number of rotatable bonds is 4. The van der Waals surface area contributed by atoms with E-state index >= 15 is 0 Å². The Hall–Kier alpha value is -3.13. The van der Waals surface area contributed by atoms with Crippen LogP contribution in [0, 0.1) is 6.92 Å². The van der Waals surface area contributed by atoms with Crippen LogP contribution in [0.5, 0.6) is 0 Å². The van der Waals surface area contributed by atoms with Crippen LogP contribution >= 0.6 is 11.3 Å². The van der Waals surface area contributed by atoms with Gasteiger partial charge in [-0.1, -0.05) is 6.07 Å². The zero-order valence-electron chi connectivity index (χ0n) is 15.5. The quantitative estimate of drug-likeness (QED) is 0.571. The van der Waals surface area contributed by atoms with Gasteiger partial charge < -0.3 is 0 Å². The molecule has 140 valence electrons. The van der Waals surface area contributed by atoms with E-state index in [1.165, 1.54) is 11.3 Å². The number of nitrogens with zero attached hydrogens (tertiary/aromatic N) is 5. The molecule has 0 aliphatic heterocycles. The van der Waals surface area contributed by atoms with Crippen molar-refractivity contribution in [2.75, 3.05) is 5.32 Å². The molecular weight excluding hydrogens is 372 g/mol. The number of hydrogen-bond donors (Lipinski definition) is 1. The molecule has 4 aromatic heterocycles. The minimum absolute atomic E-state index is 0.188. The number of carbonyl (C=O) groups excluding carboxylic acids is 1. The van der Waals surface area contributed by atoms with Crippen molar-refractivity contribution in [3.63, 3.8) is 0 Å². The largest absolute Gasteiger partial charge is 0.298 e. The lowest BCUT2D eigenvalue weighted by Crippen LogP contribution is -2.13. The number of carbonyl (C=O) groups is 1. The zero-order chi connectivity index (χ0) is 19.3. The molecule has 1 fully saturated rings. The fraction of sp³-hybridized carbons (Fsp3) is 0.250. The Kier molecular flexibility index (Phi) is 3.94. The Morgan fingerprint density at radius 1 is 1.25 bits per heavy atom. The van der Waals surface area contributed by atoms with Crippen molar-refractivity contribution in [3.8, 4) is 11.4 Å². The van der Waals surface area contributed by atoms with E-state index in [1.807, 2.05) is 43.6 Å². The lowest BCUT2D eigenvalue weighted by molar-refractivity contribution is 0.102. The smallest absolute Gasteiger partial charge is 0.258 e. The van der Waals surface area contributed by atoms with Crippen LogP contribution < -0.4 is 5.32 Å². The summed E-state index contributed by atoms with van der Waals surface area (Å²) in [6.07, 6.45) is 3.97. The minimum atomic E-state index is -0.188. The van der Waals surface area contributed by atoms with Gasteiger partial charge in [-0.15, -0.1) is 11.3 Å². The predicted octanol–water partition coefficient (Wildman–Crippen LogP) is 3.92. The number of pyridine rings is 2. The van der Waals surface area contributed by atoms with Crippen molar-refractivity contribution in [1.82, 2.24) is 24.7 Å². The number of aryl methyl sites for hydroxylation is 2. The van der Waals surface area contributed by atoms with Crippen LogP contribution in [-0.2, 0) is 7.05 Å². The summed E-state index contributed by atoms with van der Waals surface area (Å²) >= 11 is 1.39. The van der Waals surface area contributed by atoms with Gasteiger partial charge in [-0.05, 0) is 38.0 Å². The maximum absolute atomic E-state index is 13.1. The molecule has 1 saturated carbocycles. The molecule has 1 amide bonds. The highest BCUT2D eigenvalue weighted by Crippen LogP contribution is 2.40. The van der Waals surface area contributed by atoms with E-state index in [1.54, 1.807) is 10.9 Å². The first-order valence-electron chi connectivity index (χ1n) is 9.12. The van der Waals surface area contributed by atoms with Gasteiger partial charge in [0, 0.05) is 30.2 Å². The molecule has 1 aliphatic carbocycles. The second kappa shape index (κ2) is 6.49. The third kappa shape index (κ3) is 2.95. The van der Waals surface area contributed by atoms with Crippen molar-refractivity contribution < 1.29 is 4.79 Å². The molecule has 0 unspecified atom stereocenters. The highest BCUT2D eigenvalue weighted by Gasteiger charge is 2.28. The highest BCUT2D eigenvalue weighted by atomic mass is 32.1. The highest BCUT2D eigenvalue weighted by molar-refractivity contribution is 7.14. The number of fused-ring (bicyclic) bond motifs is 1. The van der Waals surface area contributed by atoms with Crippen molar-refractivity contribution in [1.29, 1.82) is 0 Å². The molecule has 5 rings (SSSR count). The van der Waals surface area contributed by atoms with Crippen LogP contribution in [-0.4, -0.2) is 30.6 Å². The summed E-state index contributed by atoms with van der Waals surface area (Å²) in [7, 11) is 1.86. The summed E-state index contributed by atoms with van der Waals surface area (Å²) in [6.45, 7) is 1.90. The molecular formula is C20H18N6OS. The van der Waals surface area contributed by atoms with Gasteiger partial charge in [-0.25, -0.2) is 9.97 Å². The summed E-state index contributed by atoms with van der Waals surface area (Å²) in [6, 6.07) is 7.59. The molecule has 0 saturated heterocycles. The van der Waals surface area contributed by atoms with Gasteiger partial charge in [0.25, 0.3) is 5.91 Å². The molecule has 1 N–H and O–H groups in total. The molecule has 0 bridgehead atoms. The second-order valence-electron chi connectivity index (χ2n) is 6.98. The average molecular weight is 390 g/mol. The molecule has 4 aromatic rings. The van der Waals surface area contributed by atoms with Gasteiger partial charge in [-0.2, -0.15) is 5.10 Å². The predicted molar refractivity (Wildman–Crippen MR) is 109 cm³/mol. The summed E-state index contributed by atoms with van der Waals surface area (Å²) in [4.78, 5) is 26.7. The molecule has 28 heavy (non-hydrogen) atoms. The maximum Gasteiger partial charge on any atom is 0.258 e. The van der Waals surface area contributed by atoms with Gasteiger partial charge in [0.15, 0.2) is 10.8 Å². The number of nitrogens with one attached hydrogen (secondary N) is 1. The molecule has 0 atom stereocenters. The van der Waals surface area contributed by atoms with E-state index in [2.05, 4.69) is 20.4 Å². The van der Waals surface area contributed by atoms with Gasteiger partial charge in [0.1, 0.15) is 5.69 Å². The molecule has 8 heteroatoms. The zero-order valence-corrected chi connectivity index (χ0v) is 16.3. The summed E-state index contributed by atoms with van der Waals surface area (Å²) in [5, 5.41) is 10.6. The van der Waals surface area contributed by atoms with Crippen molar-refractivity contribution >= 4 is 33.4 Å². The Morgan fingerprint density at radius 2 is 2.11 bits per heavy atom. The van der Waals surface area contributed by atoms with E-state index in [0.29, 0.717) is 16.6 Å². The first-order chi connectivity index (χ1) is 13.6. The van der Waals surface area contributed by atoms with E-state index in [-0.39, 0.29) is 5.91 Å². The summed E-state index contributed by atoms with van der Waals surface area (Å²) < 4.78 is 1.75. The minimum Gasteiger partial charge on any atom is -0.298 e. The summed E-state index contributed by atoms with van der Waals surface area (Å²) in [5.41, 5.74) is 4.65. The van der Waals surface area contributed by atoms with Gasteiger partial charge in [-0.3, -0.25) is 19.8 Å². The van der Waals surface area contributed by atoms with Crippen molar-refractivity contribution in [2.45, 2.75) is 25.7 Å². The third-order valence-corrected chi connectivity index (χ3v) is 5.64. The van der Waals surface area contributed by atoms with E-state index in [4.69, 9.17) is 4.98 Å². The first kappa shape index (κ1) is 17.0. The molecule has 0 spiro atoms. The molecule has 4 heterocycles. The number of aromatic nitrogens is 5. The van der Waals surface area contributed by atoms with E-state index < -0.39 is 0 Å². The van der Waals surface area contributed by atoms with Crippen molar-refractivity contribution in [2.24, 2.45) is 7.05 Å². The number of thiazole rings is 1. The number of anilines is 1. The Labute approximate surface area is 165 Å². The lowest BCUT2D eigenvalue weighted by atomic mass is 10.1. The van der Waals surface area contributed by atoms with Crippen LogP contribution in [0.4, 0.5) is 5.13 Å². The van der Waals surface area contributed by atoms with E-state index in [9.17, 15) is 4.79 Å². The van der Waals surface area contributed by atoms with Crippen LogP contribution in [0.3, 0.4) is 0 Å². The van der Waals surface area contributed by atoms with Crippen LogP contribution in [0.2, 0.25) is 0 Å². The van der Waals surface area contributed by atoms with Crippen LogP contribution in [0.1, 0.15) is 40.5 Å². The Bertz CT molecular complexity index is 1190. The topological polar surface area (TPSA) is 85.6 Å². The first-order valence-corrected chi connectivity index (χ1v) is 10.0. The number of hydrogen-bond acceptors (Lipinski definition) is 6. The molecule has 7 nitrogen and oxygen atoms in total. The SMILES string of the molecule is Cc1nn(C)c2nc(C3CC3)cc(C(=O)Nc3nc(-c4ccccn4)cs3)c12. The van der Waals surface area contributed by atoms with E-state index in [0.717, 1.165) is 46.7 Å². The second-order valence-corrected chi connectivity index (χ2v) is 7.84. The molecule has 0 radical (unpaired) electrons. The third-order valence-electron chi connectivity index (χ3n) is 4.88.